The zero-order chi connectivity index (χ0) is 12.2. The molecule has 0 aliphatic heterocycles. The van der Waals surface area contributed by atoms with Gasteiger partial charge in [0.1, 0.15) is 6.67 Å². The molecular formula is C10H12FNO4. The smallest absolute Gasteiger partial charge is 0.269 e. The minimum atomic E-state index is -1.58. The summed E-state index contributed by atoms with van der Waals surface area (Å²) in [5.74, 6) is -1.58. The third-order valence-corrected chi connectivity index (χ3v) is 2.33. The van der Waals surface area contributed by atoms with Crippen LogP contribution in [0.25, 0.3) is 0 Å². The highest BCUT2D eigenvalue weighted by molar-refractivity contribution is 5.36. The van der Waals surface area contributed by atoms with Crippen LogP contribution < -0.4 is 0 Å². The van der Waals surface area contributed by atoms with Gasteiger partial charge in [0, 0.05) is 31.9 Å². The molecule has 0 aliphatic carbocycles. The summed E-state index contributed by atoms with van der Waals surface area (Å²) < 4.78 is 22.8. The van der Waals surface area contributed by atoms with Gasteiger partial charge in [0.2, 0.25) is 5.79 Å². The summed E-state index contributed by atoms with van der Waals surface area (Å²) in [6, 6.07) is 5.51. The maximum atomic E-state index is 12.9. The van der Waals surface area contributed by atoms with E-state index >= 15 is 0 Å². The van der Waals surface area contributed by atoms with Crippen molar-refractivity contribution < 1.29 is 18.8 Å². The summed E-state index contributed by atoms with van der Waals surface area (Å²) in [6.45, 7) is -0.929. The fourth-order valence-electron chi connectivity index (χ4n) is 1.36. The lowest BCUT2D eigenvalue weighted by Crippen LogP contribution is -2.33. The monoisotopic (exact) mass is 229 g/mol. The number of non-ortho nitro benzene ring substituents is 1. The second-order valence-electron chi connectivity index (χ2n) is 3.10. The van der Waals surface area contributed by atoms with Gasteiger partial charge in [-0.3, -0.25) is 10.1 Å². The number of nitro groups is 1. The molecule has 6 heteroatoms. The molecule has 0 atom stereocenters. The van der Waals surface area contributed by atoms with E-state index in [1.54, 1.807) is 0 Å². The van der Waals surface area contributed by atoms with Crippen LogP contribution in [-0.2, 0) is 15.3 Å². The van der Waals surface area contributed by atoms with Crippen LogP contribution in [0.15, 0.2) is 24.3 Å². The Bertz CT molecular complexity index is 371. The largest absolute Gasteiger partial charge is 0.347 e. The van der Waals surface area contributed by atoms with Crippen LogP contribution in [-0.4, -0.2) is 25.8 Å². The molecule has 0 bridgehead atoms. The van der Waals surface area contributed by atoms with Crippen LogP contribution in [0.2, 0.25) is 0 Å². The summed E-state index contributed by atoms with van der Waals surface area (Å²) in [5.41, 5.74) is 0.138. The van der Waals surface area contributed by atoms with Crippen LogP contribution >= 0.6 is 0 Å². The van der Waals surface area contributed by atoms with Gasteiger partial charge in [-0.05, 0) is 0 Å². The number of rotatable bonds is 5. The Labute approximate surface area is 91.9 Å². The third-order valence-electron chi connectivity index (χ3n) is 2.33. The number of hydrogen-bond acceptors (Lipinski definition) is 4. The average Bonchev–Trinajstić information content (AvgIpc) is 2.32. The summed E-state index contributed by atoms with van der Waals surface area (Å²) in [7, 11) is 2.56. The van der Waals surface area contributed by atoms with Crippen LogP contribution in [0.5, 0.6) is 0 Å². The number of nitrogens with zero attached hydrogens (tertiary/aromatic N) is 1. The zero-order valence-electron chi connectivity index (χ0n) is 8.97. The molecule has 0 radical (unpaired) electrons. The minimum absolute atomic E-state index is 0.135. The van der Waals surface area contributed by atoms with E-state index in [-0.39, 0.29) is 11.3 Å². The number of benzene rings is 1. The quantitative estimate of drug-likeness (QED) is 0.440. The lowest BCUT2D eigenvalue weighted by Gasteiger charge is -2.27. The van der Waals surface area contributed by atoms with E-state index in [0.29, 0.717) is 0 Å². The molecule has 0 spiro atoms. The van der Waals surface area contributed by atoms with Crippen molar-refractivity contribution >= 4 is 5.69 Å². The van der Waals surface area contributed by atoms with Gasteiger partial charge in [-0.25, -0.2) is 4.39 Å². The van der Waals surface area contributed by atoms with Gasteiger partial charge in [-0.15, -0.1) is 0 Å². The number of alkyl halides is 1. The Morgan fingerprint density at radius 3 is 2.50 bits per heavy atom. The first-order chi connectivity index (χ1) is 7.59. The second kappa shape index (κ2) is 5.00. The molecule has 0 aromatic heterocycles. The van der Waals surface area contributed by atoms with E-state index in [4.69, 9.17) is 9.47 Å². The molecule has 1 aromatic carbocycles. The number of nitro benzene ring substituents is 1. The molecule has 0 aliphatic rings. The van der Waals surface area contributed by atoms with Crippen LogP contribution in [0.4, 0.5) is 10.1 Å². The fraction of sp³-hybridized carbons (Fsp3) is 0.400. The summed E-state index contributed by atoms with van der Waals surface area (Å²) in [4.78, 5) is 10.0. The van der Waals surface area contributed by atoms with E-state index in [9.17, 15) is 14.5 Å². The van der Waals surface area contributed by atoms with Gasteiger partial charge in [0.25, 0.3) is 5.69 Å². The molecular weight excluding hydrogens is 217 g/mol. The molecule has 0 saturated heterocycles. The molecule has 16 heavy (non-hydrogen) atoms. The van der Waals surface area contributed by atoms with Gasteiger partial charge in [-0.1, -0.05) is 12.1 Å². The third kappa shape index (κ3) is 2.17. The standard InChI is InChI=1S/C10H12FNO4/c1-15-10(7-11,16-2)8-4-3-5-9(6-8)12(13)14/h3-6H,7H2,1-2H3. The molecule has 0 heterocycles. The normalized spacial score (nSPS) is 11.4. The second-order valence-corrected chi connectivity index (χ2v) is 3.10. The van der Waals surface area contributed by atoms with E-state index < -0.39 is 17.4 Å². The summed E-state index contributed by atoms with van der Waals surface area (Å²) in [5, 5.41) is 10.6. The SMILES string of the molecule is COC(CF)(OC)c1cccc([N+](=O)[O-])c1. The maximum Gasteiger partial charge on any atom is 0.269 e. The van der Waals surface area contributed by atoms with Crippen molar-refractivity contribution in [3.05, 3.63) is 39.9 Å². The predicted molar refractivity (Wildman–Crippen MR) is 54.8 cm³/mol. The van der Waals surface area contributed by atoms with Gasteiger partial charge in [-0.2, -0.15) is 0 Å². The molecule has 1 rings (SSSR count). The molecule has 88 valence electrons. The molecule has 0 fully saturated rings. The number of methoxy groups -OCH3 is 2. The fourth-order valence-corrected chi connectivity index (χ4v) is 1.36. The van der Waals surface area contributed by atoms with Gasteiger partial charge < -0.3 is 9.47 Å². The summed E-state index contributed by atoms with van der Waals surface area (Å²) >= 11 is 0. The van der Waals surface area contributed by atoms with Crippen molar-refractivity contribution in [1.82, 2.24) is 0 Å². The molecule has 0 unspecified atom stereocenters. The van der Waals surface area contributed by atoms with Crippen LogP contribution in [0, 0.1) is 10.1 Å². The van der Waals surface area contributed by atoms with Crippen molar-refractivity contribution in [1.29, 1.82) is 0 Å². The first kappa shape index (κ1) is 12.5. The number of halogens is 1. The zero-order valence-corrected chi connectivity index (χ0v) is 8.97. The molecule has 1 aromatic rings. The average molecular weight is 229 g/mol. The van der Waals surface area contributed by atoms with Crippen LogP contribution in [0.1, 0.15) is 5.56 Å². The van der Waals surface area contributed by atoms with E-state index in [1.165, 1.54) is 38.5 Å². The Hall–Kier alpha value is -1.53. The van der Waals surface area contributed by atoms with E-state index in [0.717, 1.165) is 0 Å². The molecule has 0 saturated carbocycles. The highest BCUT2D eigenvalue weighted by Gasteiger charge is 2.33. The van der Waals surface area contributed by atoms with E-state index in [2.05, 4.69) is 0 Å². The summed E-state index contributed by atoms with van der Waals surface area (Å²) in [6.07, 6.45) is 0. The Morgan fingerprint density at radius 2 is 2.06 bits per heavy atom. The Kier molecular flexibility index (Phi) is 3.92. The van der Waals surface area contributed by atoms with Gasteiger partial charge in [0.05, 0.1) is 4.92 Å². The highest BCUT2D eigenvalue weighted by atomic mass is 19.1. The first-order valence-electron chi connectivity index (χ1n) is 4.51. The van der Waals surface area contributed by atoms with Crippen molar-refractivity contribution in [3.8, 4) is 0 Å². The molecule has 5 nitrogen and oxygen atoms in total. The minimum Gasteiger partial charge on any atom is -0.347 e. The van der Waals surface area contributed by atoms with Crippen molar-refractivity contribution in [2.24, 2.45) is 0 Å². The van der Waals surface area contributed by atoms with Gasteiger partial charge in [0.15, 0.2) is 0 Å². The number of ether oxygens (including phenoxy) is 2. The van der Waals surface area contributed by atoms with Crippen LogP contribution in [0.3, 0.4) is 0 Å². The van der Waals surface area contributed by atoms with Crippen molar-refractivity contribution in [2.75, 3.05) is 20.9 Å². The molecule has 0 N–H and O–H groups in total. The topological polar surface area (TPSA) is 61.6 Å². The van der Waals surface area contributed by atoms with E-state index in [1.807, 2.05) is 0 Å². The number of hydrogen-bond donors (Lipinski definition) is 0. The Balaban J connectivity index is 3.20. The van der Waals surface area contributed by atoms with Crippen molar-refractivity contribution in [2.45, 2.75) is 5.79 Å². The highest BCUT2D eigenvalue weighted by Crippen LogP contribution is 2.29. The van der Waals surface area contributed by atoms with Crippen molar-refractivity contribution in [3.63, 3.8) is 0 Å². The lowest BCUT2D eigenvalue weighted by atomic mass is 10.1. The molecule has 0 amide bonds. The maximum absolute atomic E-state index is 12.9. The first-order valence-corrected chi connectivity index (χ1v) is 4.51. The van der Waals surface area contributed by atoms with Gasteiger partial charge >= 0.3 is 0 Å². The Morgan fingerprint density at radius 1 is 1.44 bits per heavy atom. The lowest BCUT2D eigenvalue weighted by molar-refractivity contribution is -0.385. The predicted octanol–water partition coefficient (Wildman–Crippen LogP) is 2.01.